The molecule has 0 aliphatic carbocycles. The first-order valence-corrected chi connectivity index (χ1v) is 8.22. The van der Waals surface area contributed by atoms with Crippen LogP contribution in [0.5, 0.6) is 5.75 Å². The van der Waals surface area contributed by atoms with Crippen molar-refractivity contribution in [3.63, 3.8) is 0 Å². The van der Waals surface area contributed by atoms with Crippen molar-refractivity contribution < 1.29 is 28.6 Å². The Kier molecular flexibility index (Phi) is 6.74. The van der Waals surface area contributed by atoms with Gasteiger partial charge in [-0.05, 0) is 36.4 Å². The first-order valence-electron chi connectivity index (χ1n) is 7.43. The zero-order chi connectivity index (χ0) is 19.1. The molecular formula is C18H16BrNO6. The van der Waals surface area contributed by atoms with Crippen LogP contribution >= 0.6 is 15.9 Å². The average Bonchev–Trinajstić information content (AvgIpc) is 2.64. The second kappa shape index (κ2) is 9.00. The van der Waals surface area contributed by atoms with Crippen LogP contribution in [0.3, 0.4) is 0 Å². The van der Waals surface area contributed by atoms with Crippen LogP contribution in [0.2, 0.25) is 0 Å². The molecule has 136 valence electrons. The fourth-order valence-corrected chi connectivity index (χ4v) is 2.45. The number of anilines is 1. The quantitative estimate of drug-likeness (QED) is 0.720. The zero-order valence-corrected chi connectivity index (χ0v) is 15.7. The van der Waals surface area contributed by atoms with Gasteiger partial charge in [-0.2, -0.15) is 0 Å². The molecule has 1 N–H and O–H groups in total. The van der Waals surface area contributed by atoms with Gasteiger partial charge in [-0.3, -0.25) is 4.79 Å². The molecule has 0 radical (unpaired) electrons. The Hall–Kier alpha value is -2.87. The molecule has 26 heavy (non-hydrogen) atoms. The lowest BCUT2D eigenvalue weighted by molar-refractivity contribution is -0.118. The SMILES string of the molecule is COC(=O)c1cc(NC(=O)COc2cccc(Br)c2)cc(C(=O)OC)c1. The van der Waals surface area contributed by atoms with Crippen molar-refractivity contribution in [3.8, 4) is 5.75 Å². The first kappa shape index (κ1) is 19.5. The van der Waals surface area contributed by atoms with E-state index in [2.05, 4.69) is 30.7 Å². The number of benzene rings is 2. The maximum atomic E-state index is 12.1. The number of nitrogens with one attached hydrogen (secondary N) is 1. The van der Waals surface area contributed by atoms with Gasteiger partial charge in [-0.1, -0.05) is 22.0 Å². The summed E-state index contributed by atoms with van der Waals surface area (Å²) in [5.74, 6) is -1.22. The molecule has 0 aliphatic rings. The number of amides is 1. The molecule has 2 aromatic rings. The Morgan fingerprint density at radius 2 is 1.58 bits per heavy atom. The van der Waals surface area contributed by atoms with Crippen LogP contribution in [-0.4, -0.2) is 38.7 Å². The highest BCUT2D eigenvalue weighted by Crippen LogP contribution is 2.19. The van der Waals surface area contributed by atoms with Crippen LogP contribution in [-0.2, 0) is 14.3 Å². The van der Waals surface area contributed by atoms with E-state index >= 15 is 0 Å². The van der Waals surface area contributed by atoms with Crippen LogP contribution in [0.1, 0.15) is 20.7 Å². The number of carbonyl (C=O) groups is 3. The smallest absolute Gasteiger partial charge is 0.337 e. The van der Waals surface area contributed by atoms with Crippen LogP contribution in [0, 0.1) is 0 Å². The average molecular weight is 422 g/mol. The minimum Gasteiger partial charge on any atom is -0.484 e. The van der Waals surface area contributed by atoms with E-state index in [1.54, 1.807) is 18.2 Å². The van der Waals surface area contributed by atoms with Crippen molar-refractivity contribution in [2.45, 2.75) is 0 Å². The van der Waals surface area contributed by atoms with Gasteiger partial charge in [0.25, 0.3) is 5.91 Å². The third-order valence-electron chi connectivity index (χ3n) is 3.22. The molecule has 2 rings (SSSR count). The van der Waals surface area contributed by atoms with E-state index < -0.39 is 17.8 Å². The standard InChI is InChI=1S/C18H16BrNO6/c1-24-17(22)11-6-12(18(23)25-2)8-14(7-11)20-16(21)10-26-15-5-3-4-13(19)9-15/h3-9H,10H2,1-2H3,(H,20,21). The van der Waals surface area contributed by atoms with Crippen molar-refractivity contribution in [1.82, 2.24) is 0 Å². The summed E-state index contributed by atoms with van der Waals surface area (Å²) in [5, 5.41) is 2.57. The highest BCUT2D eigenvalue weighted by atomic mass is 79.9. The number of esters is 2. The molecular weight excluding hydrogens is 406 g/mol. The molecule has 0 unspecified atom stereocenters. The summed E-state index contributed by atoms with van der Waals surface area (Å²) in [7, 11) is 2.44. The van der Waals surface area contributed by atoms with E-state index in [9.17, 15) is 14.4 Å². The summed E-state index contributed by atoms with van der Waals surface area (Å²) in [6, 6.07) is 11.2. The van der Waals surface area contributed by atoms with Gasteiger partial charge in [0, 0.05) is 10.2 Å². The van der Waals surface area contributed by atoms with Gasteiger partial charge >= 0.3 is 11.9 Å². The van der Waals surface area contributed by atoms with Crippen LogP contribution < -0.4 is 10.1 Å². The van der Waals surface area contributed by atoms with Crippen molar-refractivity contribution in [3.05, 3.63) is 58.1 Å². The van der Waals surface area contributed by atoms with E-state index in [-0.39, 0.29) is 23.4 Å². The number of carbonyl (C=O) groups excluding carboxylic acids is 3. The third kappa shape index (κ3) is 5.32. The van der Waals surface area contributed by atoms with Gasteiger partial charge in [0.1, 0.15) is 5.75 Å². The maximum Gasteiger partial charge on any atom is 0.337 e. The van der Waals surface area contributed by atoms with Gasteiger partial charge in [0.15, 0.2) is 6.61 Å². The summed E-state index contributed by atoms with van der Waals surface area (Å²) < 4.78 is 15.5. The van der Waals surface area contributed by atoms with Gasteiger partial charge in [0.05, 0.1) is 25.3 Å². The number of halogens is 1. The van der Waals surface area contributed by atoms with E-state index in [0.717, 1.165) is 4.47 Å². The lowest BCUT2D eigenvalue weighted by Gasteiger charge is -2.10. The molecule has 0 spiro atoms. The summed E-state index contributed by atoms with van der Waals surface area (Å²) in [6.07, 6.45) is 0. The molecule has 0 aliphatic heterocycles. The van der Waals surface area contributed by atoms with Crippen LogP contribution in [0.25, 0.3) is 0 Å². The third-order valence-corrected chi connectivity index (χ3v) is 3.72. The van der Waals surface area contributed by atoms with Gasteiger partial charge in [0.2, 0.25) is 0 Å². The Morgan fingerprint density at radius 3 is 2.12 bits per heavy atom. The highest BCUT2D eigenvalue weighted by Gasteiger charge is 2.15. The van der Waals surface area contributed by atoms with E-state index in [1.165, 1.54) is 32.4 Å². The summed E-state index contributed by atoms with van der Waals surface area (Å²) in [4.78, 5) is 35.6. The van der Waals surface area contributed by atoms with Gasteiger partial charge in [-0.25, -0.2) is 9.59 Å². The lowest BCUT2D eigenvalue weighted by Crippen LogP contribution is -2.21. The number of hydrogen-bond donors (Lipinski definition) is 1. The zero-order valence-electron chi connectivity index (χ0n) is 14.1. The van der Waals surface area contributed by atoms with Crippen molar-refractivity contribution in [1.29, 1.82) is 0 Å². The Bertz CT molecular complexity index is 802. The topological polar surface area (TPSA) is 90.9 Å². The fourth-order valence-electron chi connectivity index (χ4n) is 2.07. The van der Waals surface area contributed by atoms with Gasteiger partial charge < -0.3 is 19.5 Å². The second-order valence-electron chi connectivity index (χ2n) is 5.08. The van der Waals surface area contributed by atoms with Gasteiger partial charge in [-0.15, -0.1) is 0 Å². The molecule has 0 saturated heterocycles. The largest absolute Gasteiger partial charge is 0.484 e. The van der Waals surface area contributed by atoms with E-state index in [1.807, 2.05) is 6.07 Å². The summed E-state index contributed by atoms with van der Waals surface area (Å²) >= 11 is 3.31. The minimum absolute atomic E-state index is 0.110. The molecule has 0 aromatic heterocycles. The van der Waals surface area contributed by atoms with E-state index in [4.69, 9.17) is 4.74 Å². The van der Waals surface area contributed by atoms with Crippen molar-refractivity contribution >= 4 is 39.5 Å². The summed E-state index contributed by atoms with van der Waals surface area (Å²) in [6.45, 7) is -0.244. The van der Waals surface area contributed by atoms with Crippen LogP contribution in [0.15, 0.2) is 46.9 Å². The molecule has 2 aromatic carbocycles. The molecule has 0 bridgehead atoms. The molecule has 1 amide bonds. The normalized spacial score (nSPS) is 9.96. The predicted molar refractivity (Wildman–Crippen MR) is 97.4 cm³/mol. The van der Waals surface area contributed by atoms with Crippen molar-refractivity contribution in [2.24, 2.45) is 0 Å². The second-order valence-corrected chi connectivity index (χ2v) is 5.99. The maximum absolute atomic E-state index is 12.1. The molecule has 8 heteroatoms. The molecule has 0 fully saturated rings. The molecule has 0 heterocycles. The minimum atomic E-state index is -0.642. The number of methoxy groups -OCH3 is 2. The number of rotatable bonds is 6. The Balaban J connectivity index is 2.12. The molecule has 0 atom stereocenters. The number of hydrogen-bond acceptors (Lipinski definition) is 6. The number of ether oxygens (including phenoxy) is 3. The lowest BCUT2D eigenvalue weighted by atomic mass is 10.1. The van der Waals surface area contributed by atoms with Crippen molar-refractivity contribution in [2.75, 3.05) is 26.1 Å². The Morgan fingerprint density at radius 1 is 0.962 bits per heavy atom. The van der Waals surface area contributed by atoms with E-state index in [0.29, 0.717) is 5.75 Å². The molecule has 0 saturated carbocycles. The molecule has 7 nitrogen and oxygen atoms in total. The highest BCUT2D eigenvalue weighted by molar-refractivity contribution is 9.10. The monoisotopic (exact) mass is 421 g/mol. The van der Waals surface area contributed by atoms with Crippen LogP contribution in [0.4, 0.5) is 5.69 Å². The predicted octanol–water partition coefficient (Wildman–Crippen LogP) is 3.04. The Labute approximate surface area is 158 Å². The fraction of sp³-hybridized carbons (Fsp3) is 0.167. The first-order chi connectivity index (χ1) is 12.4. The summed E-state index contributed by atoms with van der Waals surface area (Å²) in [5.41, 5.74) is 0.466.